The summed E-state index contributed by atoms with van der Waals surface area (Å²) in [5.41, 5.74) is 2.59. The zero-order valence-electron chi connectivity index (χ0n) is 14.5. The lowest BCUT2D eigenvalue weighted by Crippen LogP contribution is -2.49. The molecule has 4 nitrogen and oxygen atoms in total. The third-order valence-corrected chi connectivity index (χ3v) is 5.50. The highest BCUT2D eigenvalue weighted by molar-refractivity contribution is 5.61. The number of furan rings is 1. The number of likely N-dealkylation sites (tertiary alicyclic amines) is 1. The summed E-state index contributed by atoms with van der Waals surface area (Å²) in [7, 11) is 2.23. The standard InChI is InChI=1S/C20H27N3O/c1-21-10-12-23(13-11-21)18-8-9-22(16-18)15-17-5-2-3-6-19(17)20-7-4-14-24-20/h2-7,14,18H,8-13,15-16H2,1H3. The Morgan fingerprint density at radius 3 is 2.62 bits per heavy atom. The Kier molecular flexibility index (Phi) is 4.69. The second-order valence-electron chi connectivity index (χ2n) is 7.15. The lowest BCUT2D eigenvalue weighted by Gasteiger charge is -2.36. The minimum Gasteiger partial charge on any atom is -0.464 e. The molecule has 0 spiro atoms. The van der Waals surface area contributed by atoms with Crippen molar-refractivity contribution in [2.24, 2.45) is 0 Å². The fourth-order valence-electron chi connectivity index (χ4n) is 4.01. The third-order valence-electron chi connectivity index (χ3n) is 5.50. The van der Waals surface area contributed by atoms with E-state index in [4.69, 9.17) is 4.42 Å². The Hall–Kier alpha value is -1.62. The van der Waals surface area contributed by atoms with Crippen molar-refractivity contribution in [3.05, 3.63) is 48.2 Å². The minimum atomic E-state index is 0.731. The van der Waals surface area contributed by atoms with Crippen LogP contribution >= 0.6 is 0 Å². The number of benzene rings is 1. The molecule has 2 aliphatic rings. The van der Waals surface area contributed by atoms with E-state index in [0.29, 0.717) is 0 Å². The summed E-state index contributed by atoms with van der Waals surface area (Å²) in [6, 6.07) is 13.4. The minimum absolute atomic E-state index is 0.731. The first-order valence-electron chi connectivity index (χ1n) is 9.06. The fraction of sp³-hybridized carbons (Fsp3) is 0.500. The number of hydrogen-bond acceptors (Lipinski definition) is 4. The molecule has 0 bridgehead atoms. The van der Waals surface area contributed by atoms with E-state index in [0.717, 1.165) is 18.3 Å². The molecular weight excluding hydrogens is 298 g/mol. The first-order valence-corrected chi connectivity index (χ1v) is 9.06. The van der Waals surface area contributed by atoms with E-state index in [1.807, 2.05) is 6.07 Å². The van der Waals surface area contributed by atoms with Gasteiger partial charge in [0.1, 0.15) is 5.76 Å². The third kappa shape index (κ3) is 3.41. The zero-order valence-corrected chi connectivity index (χ0v) is 14.5. The van der Waals surface area contributed by atoms with E-state index in [1.54, 1.807) is 6.26 Å². The highest BCUT2D eigenvalue weighted by Crippen LogP contribution is 2.27. The molecule has 1 unspecified atom stereocenters. The smallest absolute Gasteiger partial charge is 0.134 e. The quantitative estimate of drug-likeness (QED) is 0.862. The molecule has 2 fully saturated rings. The van der Waals surface area contributed by atoms with Crippen LogP contribution in [0.4, 0.5) is 0 Å². The summed E-state index contributed by atoms with van der Waals surface area (Å²) in [5.74, 6) is 0.973. The Morgan fingerprint density at radius 2 is 1.83 bits per heavy atom. The van der Waals surface area contributed by atoms with Gasteiger partial charge in [0.15, 0.2) is 0 Å². The number of hydrogen-bond donors (Lipinski definition) is 0. The Bertz CT molecular complexity index is 647. The van der Waals surface area contributed by atoms with Crippen molar-refractivity contribution in [2.45, 2.75) is 19.0 Å². The van der Waals surface area contributed by atoms with Gasteiger partial charge in [0, 0.05) is 57.4 Å². The van der Waals surface area contributed by atoms with Gasteiger partial charge in [0.2, 0.25) is 0 Å². The van der Waals surface area contributed by atoms with Crippen LogP contribution in [0.1, 0.15) is 12.0 Å². The topological polar surface area (TPSA) is 22.9 Å². The van der Waals surface area contributed by atoms with Crippen molar-refractivity contribution < 1.29 is 4.42 Å². The molecule has 0 aliphatic carbocycles. The van der Waals surface area contributed by atoms with Crippen molar-refractivity contribution in [1.82, 2.24) is 14.7 Å². The van der Waals surface area contributed by atoms with Crippen molar-refractivity contribution in [2.75, 3.05) is 46.3 Å². The summed E-state index contributed by atoms with van der Waals surface area (Å²) < 4.78 is 5.62. The molecular formula is C20H27N3O. The molecule has 2 aromatic rings. The molecule has 0 amide bonds. The molecule has 0 N–H and O–H groups in total. The highest BCUT2D eigenvalue weighted by Gasteiger charge is 2.29. The van der Waals surface area contributed by atoms with Crippen LogP contribution in [0.2, 0.25) is 0 Å². The van der Waals surface area contributed by atoms with Gasteiger partial charge in [-0.3, -0.25) is 9.80 Å². The van der Waals surface area contributed by atoms with E-state index in [1.165, 1.54) is 56.8 Å². The van der Waals surface area contributed by atoms with E-state index in [2.05, 4.69) is 52.1 Å². The number of piperazine rings is 1. The van der Waals surface area contributed by atoms with Gasteiger partial charge >= 0.3 is 0 Å². The van der Waals surface area contributed by atoms with Gasteiger partial charge in [0.25, 0.3) is 0 Å². The second-order valence-corrected chi connectivity index (χ2v) is 7.15. The molecule has 4 rings (SSSR count). The fourth-order valence-corrected chi connectivity index (χ4v) is 4.01. The number of rotatable bonds is 4. The van der Waals surface area contributed by atoms with Crippen molar-refractivity contribution in [3.8, 4) is 11.3 Å². The number of likely N-dealkylation sites (N-methyl/N-ethyl adjacent to an activating group) is 1. The summed E-state index contributed by atoms with van der Waals surface area (Å²) in [5, 5.41) is 0. The Labute approximate surface area is 144 Å². The molecule has 1 aromatic carbocycles. The molecule has 2 aliphatic heterocycles. The second kappa shape index (κ2) is 7.09. The normalized spacial score (nSPS) is 23.8. The van der Waals surface area contributed by atoms with Crippen LogP contribution in [0.5, 0.6) is 0 Å². The highest BCUT2D eigenvalue weighted by atomic mass is 16.3. The first kappa shape index (κ1) is 15.9. The maximum atomic E-state index is 5.62. The lowest BCUT2D eigenvalue weighted by atomic mass is 10.0. The van der Waals surface area contributed by atoms with Crippen molar-refractivity contribution >= 4 is 0 Å². The molecule has 1 aromatic heterocycles. The monoisotopic (exact) mass is 325 g/mol. The van der Waals surface area contributed by atoms with E-state index in [-0.39, 0.29) is 0 Å². The predicted molar refractivity (Wildman–Crippen MR) is 96.9 cm³/mol. The average Bonchev–Trinajstić information content (AvgIpc) is 3.28. The molecule has 0 radical (unpaired) electrons. The van der Waals surface area contributed by atoms with Gasteiger partial charge in [-0.05, 0) is 31.2 Å². The van der Waals surface area contributed by atoms with Crippen LogP contribution in [0.15, 0.2) is 47.1 Å². The van der Waals surface area contributed by atoms with E-state index in [9.17, 15) is 0 Å². The van der Waals surface area contributed by atoms with Gasteiger partial charge in [0.05, 0.1) is 6.26 Å². The van der Waals surface area contributed by atoms with Gasteiger partial charge in [-0.2, -0.15) is 0 Å². The molecule has 1 atom stereocenters. The SMILES string of the molecule is CN1CCN(C2CCN(Cc3ccccc3-c3ccco3)C2)CC1. The molecule has 0 saturated carbocycles. The summed E-state index contributed by atoms with van der Waals surface area (Å²) >= 11 is 0. The van der Waals surface area contributed by atoms with Crippen LogP contribution in [0.25, 0.3) is 11.3 Å². The largest absolute Gasteiger partial charge is 0.464 e. The van der Waals surface area contributed by atoms with Crippen LogP contribution in [0.3, 0.4) is 0 Å². The number of nitrogens with zero attached hydrogens (tertiary/aromatic N) is 3. The summed E-state index contributed by atoms with van der Waals surface area (Å²) in [6.07, 6.45) is 3.05. The lowest BCUT2D eigenvalue weighted by molar-refractivity contribution is 0.112. The average molecular weight is 325 g/mol. The Morgan fingerprint density at radius 1 is 1.00 bits per heavy atom. The van der Waals surface area contributed by atoms with Crippen molar-refractivity contribution in [1.29, 1.82) is 0 Å². The van der Waals surface area contributed by atoms with Gasteiger partial charge < -0.3 is 9.32 Å². The van der Waals surface area contributed by atoms with Gasteiger partial charge in [-0.25, -0.2) is 0 Å². The molecule has 4 heteroatoms. The first-order chi connectivity index (χ1) is 11.8. The summed E-state index contributed by atoms with van der Waals surface area (Å²) in [6.45, 7) is 8.26. The van der Waals surface area contributed by atoms with E-state index < -0.39 is 0 Å². The van der Waals surface area contributed by atoms with E-state index >= 15 is 0 Å². The van der Waals surface area contributed by atoms with Gasteiger partial charge in [-0.1, -0.05) is 24.3 Å². The molecule has 128 valence electrons. The van der Waals surface area contributed by atoms with Gasteiger partial charge in [-0.15, -0.1) is 0 Å². The Balaban J connectivity index is 1.41. The molecule has 3 heterocycles. The molecule has 24 heavy (non-hydrogen) atoms. The maximum Gasteiger partial charge on any atom is 0.134 e. The molecule has 2 saturated heterocycles. The van der Waals surface area contributed by atoms with Crippen LogP contribution in [-0.2, 0) is 6.54 Å². The van der Waals surface area contributed by atoms with Crippen LogP contribution < -0.4 is 0 Å². The zero-order chi connectivity index (χ0) is 16.4. The summed E-state index contributed by atoms with van der Waals surface area (Å²) in [4.78, 5) is 7.73. The maximum absolute atomic E-state index is 5.62. The van der Waals surface area contributed by atoms with Crippen molar-refractivity contribution in [3.63, 3.8) is 0 Å². The van der Waals surface area contributed by atoms with Crippen LogP contribution in [0, 0.1) is 0 Å². The predicted octanol–water partition coefficient (Wildman–Crippen LogP) is 2.77. The van der Waals surface area contributed by atoms with Crippen LogP contribution in [-0.4, -0.2) is 67.1 Å².